The average molecular weight is 1180 g/mol. The average Bonchev–Trinajstić information content (AvgIpc) is 3.60. The molecule has 1 rings (SSSR count). The third kappa shape index (κ3) is 48.9. The summed E-state index contributed by atoms with van der Waals surface area (Å²) in [5.74, 6) is -3.09. The van der Waals surface area contributed by atoms with Gasteiger partial charge in [0.25, 0.3) is 0 Å². The number of carbonyl (C=O) groups excluding carboxylic acids is 3. The van der Waals surface area contributed by atoms with Crippen molar-refractivity contribution in [3.05, 3.63) is 24.3 Å². The van der Waals surface area contributed by atoms with E-state index in [0.717, 1.165) is 89.9 Å². The second kappa shape index (κ2) is 59.5. The molecule has 0 aromatic carbocycles. The number of carbonyl (C=O) groups is 4. The fourth-order valence-electron chi connectivity index (χ4n) is 11.1. The molecular weight excluding hydrogens is 1040 g/mol. The Bertz CT molecular complexity index is 1530. The fraction of sp³-hybridized carbons (Fsp3) is 0.887. The first-order valence-corrected chi connectivity index (χ1v) is 35.3. The van der Waals surface area contributed by atoms with Crippen LogP contribution in [0.4, 0.5) is 0 Å². The number of aliphatic hydroxyl groups excluding tert-OH is 2. The maximum absolute atomic E-state index is 13.2. The number of hydrogen-bond donors (Lipinski definition) is 3. The molecule has 0 saturated carbocycles. The molecule has 0 aromatic rings. The molecule has 6 atom stereocenters. The van der Waals surface area contributed by atoms with Gasteiger partial charge in [0.05, 0.1) is 6.61 Å². The molecule has 6 unspecified atom stereocenters. The van der Waals surface area contributed by atoms with Gasteiger partial charge in [0, 0.05) is 19.3 Å². The van der Waals surface area contributed by atoms with Gasteiger partial charge >= 0.3 is 23.9 Å². The summed E-state index contributed by atoms with van der Waals surface area (Å²) in [6.45, 7) is 6.05. The van der Waals surface area contributed by atoms with E-state index in [0.29, 0.717) is 19.3 Å². The van der Waals surface area contributed by atoms with Gasteiger partial charge in [0.2, 0.25) is 0 Å². The number of aliphatic carboxylic acids is 1. The van der Waals surface area contributed by atoms with E-state index in [1.54, 1.807) is 0 Å². The molecule has 0 spiro atoms. The fourth-order valence-corrected chi connectivity index (χ4v) is 11.1. The minimum Gasteiger partial charge on any atom is -0.479 e. The molecule has 1 aliphatic heterocycles. The Balaban J connectivity index is 2.60. The zero-order valence-electron chi connectivity index (χ0n) is 54.0. The number of rotatable bonds is 62. The molecule has 3 N–H and O–H groups in total. The highest BCUT2D eigenvalue weighted by Crippen LogP contribution is 2.27. The van der Waals surface area contributed by atoms with Crippen LogP contribution in [0, 0.1) is 0 Å². The summed E-state index contributed by atoms with van der Waals surface area (Å²) < 4.78 is 28.6. The van der Waals surface area contributed by atoms with Crippen LogP contribution in [0.1, 0.15) is 355 Å². The first-order chi connectivity index (χ1) is 40.6. The molecule has 83 heavy (non-hydrogen) atoms. The molecule has 12 heteroatoms. The van der Waals surface area contributed by atoms with E-state index in [1.165, 1.54) is 205 Å². The molecule has 1 saturated heterocycles. The lowest BCUT2D eigenvalue weighted by molar-refractivity contribution is -0.301. The lowest BCUT2D eigenvalue weighted by Gasteiger charge is -2.40. The van der Waals surface area contributed by atoms with Crippen molar-refractivity contribution in [2.45, 2.75) is 391 Å². The van der Waals surface area contributed by atoms with Crippen LogP contribution in [-0.2, 0) is 42.9 Å². The molecule has 12 nitrogen and oxygen atoms in total. The van der Waals surface area contributed by atoms with E-state index >= 15 is 0 Å². The summed E-state index contributed by atoms with van der Waals surface area (Å²) in [7, 11) is 0. The Morgan fingerprint density at radius 1 is 0.386 bits per heavy atom. The second-order valence-electron chi connectivity index (χ2n) is 24.5. The number of unbranched alkanes of at least 4 members (excludes halogenated alkanes) is 44. The Labute approximate surface area is 508 Å². The van der Waals surface area contributed by atoms with Gasteiger partial charge in [-0.3, -0.25) is 14.4 Å². The number of aliphatic hydroxyl groups is 2. The van der Waals surface area contributed by atoms with Gasteiger partial charge in [-0.1, -0.05) is 289 Å². The van der Waals surface area contributed by atoms with Crippen LogP contribution >= 0.6 is 0 Å². The molecule has 0 aromatic heterocycles. The Morgan fingerprint density at radius 3 is 1.02 bits per heavy atom. The van der Waals surface area contributed by atoms with E-state index in [1.807, 2.05) is 0 Å². The van der Waals surface area contributed by atoms with E-state index in [9.17, 15) is 34.5 Å². The Morgan fingerprint density at radius 2 is 0.687 bits per heavy atom. The van der Waals surface area contributed by atoms with Crippen LogP contribution in [0.25, 0.3) is 0 Å². The number of ether oxygens (including phenoxy) is 5. The first kappa shape index (κ1) is 78.2. The smallest absolute Gasteiger partial charge is 0.335 e. The summed E-state index contributed by atoms with van der Waals surface area (Å²) in [6, 6.07) is 0. The highest BCUT2D eigenvalue weighted by molar-refractivity contribution is 5.74. The maximum atomic E-state index is 13.2. The summed E-state index contributed by atoms with van der Waals surface area (Å²) in [5, 5.41) is 31.7. The molecule has 0 radical (unpaired) electrons. The van der Waals surface area contributed by atoms with Gasteiger partial charge < -0.3 is 39.0 Å². The zero-order chi connectivity index (χ0) is 60.3. The Kier molecular flexibility index (Phi) is 56.1. The number of esters is 3. The summed E-state index contributed by atoms with van der Waals surface area (Å²) in [6.07, 6.45) is 58.5. The van der Waals surface area contributed by atoms with E-state index in [2.05, 4.69) is 45.1 Å². The molecule has 486 valence electrons. The van der Waals surface area contributed by atoms with E-state index < -0.39 is 67.3 Å². The van der Waals surface area contributed by atoms with Crippen LogP contribution in [0.5, 0.6) is 0 Å². The quantitative estimate of drug-likeness (QED) is 0.0228. The molecule has 0 amide bonds. The van der Waals surface area contributed by atoms with Crippen molar-refractivity contribution in [3.8, 4) is 0 Å². The highest BCUT2D eigenvalue weighted by Gasteiger charge is 2.50. The van der Waals surface area contributed by atoms with Crippen molar-refractivity contribution in [1.82, 2.24) is 0 Å². The third-order valence-corrected chi connectivity index (χ3v) is 16.5. The van der Waals surface area contributed by atoms with Crippen LogP contribution in [-0.4, -0.2) is 89.2 Å². The lowest BCUT2D eigenvalue weighted by atomic mass is 9.98. The van der Waals surface area contributed by atoms with Crippen LogP contribution in [0.3, 0.4) is 0 Å². The monoisotopic (exact) mass is 1170 g/mol. The molecule has 1 fully saturated rings. The summed E-state index contributed by atoms with van der Waals surface area (Å²) >= 11 is 0. The first-order valence-electron chi connectivity index (χ1n) is 35.3. The van der Waals surface area contributed by atoms with E-state index in [4.69, 9.17) is 23.7 Å². The van der Waals surface area contributed by atoms with Crippen LogP contribution in [0.2, 0.25) is 0 Å². The van der Waals surface area contributed by atoms with Crippen LogP contribution < -0.4 is 0 Å². The van der Waals surface area contributed by atoms with Crippen molar-refractivity contribution in [3.63, 3.8) is 0 Å². The molecule has 0 aliphatic carbocycles. The molecule has 1 aliphatic rings. The highest BCUT2D eigenvalue weighted by atomic mass is 16.7. The minimum atomic E-state index is -1.90. The predicted octanol–water partition coefficient (Wildman–Crippen LogP) is 19.4. The predicted molar refractivity (Wildman–Crippen MR) is 340 cm³/mol. The van der Waals surface area contributed by atoms with Gasteiger partial charge in [-0.2, -0.15) is 0 Å². The van der Waals surface area contributed by atoms with E-state index in [-0.39, 0.29) is 25.9 Å². The number of allylic oxidation sites excluding steroid dienone is 4. The van der Waals surface area contributed by atoms with Crippen molar-refractivity contribution >= 4 is 23.9 Å². The molecule has 0 bridgehead atoms. The minimum absolute atomic E-state index is 0.0623. The number of hydrogen-bond acceptors (Lipinski definition) is 11. The van der Waals surface area contributed by atoms with Gasteiger partial charge in [0.1, 0.15) is 18.8 Å². The van der Waals surface area contributed by atoms with Gasteiger partial charge in [-0.15, -0.1) is 0 Å². The molecule has 1 heterocycles. The van der Waals surface area contributed by atoms with Crippen molar-refractivity contribution in [2.75, 3.05) is 13.2 Å². The lowest BCUT2D eigenvalue weighted by Crippen LogP contribution is -2.61. The topological polar surface area (TPSA) is 175 Å². The van der Waals surface area contributed by atoms with Gasteiger partial charge in [-0.05, 0) is 70.6 Å². The normalized spacial score (nSPS) is 17.6. The third-order valence-electron chi connectivity index (χ3n) is 16.5. The zero-order valence-corrected chi connectivity index (χ0v) is 54.0. The van der Waals surface area contributed by atoms with Crippen molar-refractivity contribution < 1.29 is 58.2 Å². The summed E-state index contributed by atoms with van der Waals surface area (Å²) in [4.78, 5) is 51.4. The van der Waals surface area contributed by atoms with Gasteiger partial charge in [0.15, 0.2) is 24.6 Å². The van der Waals surface area contributed by atoms with Crippen LogP contribution in [0.15, 0.2) is 24.3 Å². The Hall–Kier alpha value is -2.80. The largest absolute Gasteiger partial charge is 0.479 e. The van der Waals surface area contributed by atoms with Crippen molar-refractivity contribution in [1.29, 1.82) is 0 Å². The second-order valence-corrected chi connectivity index (χ2v) is 24.5. The van der Waals surface area contributed by atoms with Crippen molar-refractivity contribution in [2.24, 2.45) is 0 Å². The molecular formula is C71H130O12. The number of carboxylic acid groups (broad SMARTS) is 1. The maximum Gasteiger partial charge on any atom is 0.335 e. The SMILES string of the molecule is CCCCCCCC/C=C\CCCCCCCCCCCC(=O)OC1C(OCC(COC(=O)CCCCCCCCCCCCCCCCCCCCC)OC(=O)CCCCCCC/C=C\CCCCCCCC)OC(C(=O)O)C(O)C1O. The van der Waals surface area contributed by atoms with Gasteiger partial charge in [-0.25, -0.2) is 4.79 Å². The summed E-state index contributed by atoms with van der Waals surface area (Å²) in [5.41, 5.74) is 0. The standard InChI is InChI=1S/C71H130O12/c1-4-7-10-13-16-19-22-25-28-30-32-34-37-39-42-45-48-51-54-57-63(72)79-60-62(81-64(73)58-55-52-49-46-43-40-36-27-24-21-18-15-12-9-6-3)61-80-71-69(67(76)66(75)68(83-71)70(77)78)82-65(74)59-56-53-50-47-44-41-38-35-33-31-29-26-23-20-17-14-11-8-5-2/h26-27,29,36,62,66-69,71,75-76H,4-25,28,30-35,37-61H2,1-3H3,(H,77,78)/b29-26-,36-27-. The number of carboxylic acids is 1.